The summed E-state index contributed by atoms with van der Waals surface area (Å²) in [6.45, 7) is 6.87. The van der Waals surface area contributed by atoms with Crippen molar-refractivity contribution in [3.8, 4) is 0 Å². The summed E-state index contributed by atoms with van der Waals surface area (Å²) in [6, 6.07) is 0. The number of fused-ring (bicyclic) bond motifs is 1. The zero-order chi connectivity index (χ0) is 13.8. The monoisotopic (exact) mass is 277 g/mol. The van der Waals surface area contributed by atoms with Crippen LogP contribution in [0.5, 0.6) is 0 Å². The summed E-state index contributed by atoms with van der Waals surface area (Å²) in [4.78, 5) is 4.99. The van der Waals surface area contributed by atoms with Crippen molar-refractivity contribution in [1.82, 2.24) is 14.9 Å². The van der Waals surface area contributed by atoms with Gasteiger partial charge in [0.1, 0.15) is 5.82 Å². The Balaban J connectivity index is 1.78. The van der Waals surface area contributed by atoms with Crippen LogP contribution in [0.4, 0.5) is 0 Å². The lowest BCUT2D eigenvalue weighted by Gasteiger charge is -2.18. The highest BCUT2D eigenvalue weighted by Gasteiger charge is 2.26. The molecule has 1 aromatic rings. The first-order valence-electron chi connectivity index (χ1n) is 8.26. The average molecular weight is 277 g/mol. The molecule has 2 aliphatic rings. The molecule has 1 N–H and O–H groups in total. The van der Waals surface area contributed by atoms with Crippen molar-refractivity contribution in [2.45, 2.75) is 64.5 Å². The van der Waals surface area contributed by atoms with Gasteiger partial charge < -0.3 is 14.6 Å². The van der Waals surface area contributed by atoms with E-state index < -0.39 is 0 Å². The third-order valence-electron chi connectivity index (χ3n) is 4.61. The van der Waals surface area contributed by atoms with Crippen molar-refractivity contribution in [1.29, 1.82) is 0 Å². The second-order valence-electron chi connectivity index (χ2n) is 5.97. The van der Waals surface area contributed by atoms with E-state index in [-0.39, 0.29) is 0 Å². The van der Waals surface area contributed by atoms with Crippen LogP contribution < -0.4 is 5.32 Å². The normalized spacial score (nSPS) is 19.4. The Kier molecular flexibility index (Phi) is 4.73. The fourth-order valence-corrected chi connectivity index (χ4v) is 3.61. The van der Waals surface area contributed by atoms with E-state index in [1.165, 1.54) is 42.9 Å². The molecule has 0 atom stereocenters. The van der Waals surface area contributed by atoms with Crippen LogP contribution in [0.3, 0.4) is 0 Å². The van der Waals surface area contributed by atoms with E-state index in [0.29, 0.717) is 5.92 Å². The summed E-state index contributed by atoms with van der Waals surface area (Å²) >= 11 is 0. The first-order valence-corrected chi connectivity index (χ1v) is 8.26. The van der Waals surface area contributed by atoms with Gasteiger partial charge >= 0.3 is 0 Å². The molecule has 4 heteroatoms. The van der Waals surface area contributed by atoms with Crippen molar-refractivity contribution >= 4 is 0 Å². The molecule has 1 aliphatic heterocycles. The first kappa shape index (κ1) is 14.1. The molecule has 1 fully saturated rings. The van der Waals surface area contributed by atoms with E-state index in [4.69, 9.17) is 9.72 Å². The van der Waals surface area contributed by atoms with Crippen molar-refractivity contribution in [2.75, 3.05) is 19.8 Å². The van der Waals surface area contributed by atoms with E-state index >= 15 is 0 Å². The molecular formula is C16H27N3O. The Morgan fingerprint density at radius 2 is 2.20 bits per heavy atom. The molecule has 0 amide bonds. The minimum absolute atomic E-state index is 0.702. The minimum atomic E-state index is 0.702. The molecule has 0 radical (unpaired) electrons. The number of nitrogens with one attached hydrogen (secondary N) is 1. The molecule has 0 unspecified atom stereocenters. The molecule has 0 spiro atoms. The van der Waals surface area contributed by atoms with E-state index in [2.05, 4.69) is 16.8 Å². The third kappa shape index (κ3) is 2.91. The number of ether oxygens (including phenoxy) is 1. The van der Waals surface area contributed by atoms with Gasteiger partial charge in [-0.3, -0.25) is 0 Å². The lowest BCUT2D eigenvalue weighted by molar-refractivity contribution is 0.141. The van der Waals surface area contributed by atoms with Gasteiger partial charge in [0.15, 0.2) is 0 Å². The SMILES string of the molecule is CCOCCCn1c(C2CCCC2)nc2c1CCNC2. The van der Waals surface area contributed by atoms with Gasteiger partial charge in [0.2, 0.25) is 0 Å². The number of hydrogen-bond acceptors (Lipinski definition) is 3. The Labute approximate surface area is 121 Å². The average Bonchev–Trinajstić information content (AvgIpc) is 3.11. The predicted molar refractivity (Wildman–Crippen MR) is 80.0 cm³/mol. The second-order valence-corrected chi connectivity index (χ2v) is 5.97. The number of aromatic nitrogens is 2. The quantitative estimate of drug-likeness (QED) is 0.812. The van der Waals surface area contributed by atoms with Crippen LogP contribution in [0, 0.1) is 0 Å². The number of imidazole rings is 1. The highest BCUT2D eigenvalue weighted by atomic mass is 16.5. The van der Waals surface area contributed by atoms with Crippen LogP contribution in [0.2, 0.25) is 0 Å². The molecule has 1 aromatic heterocycles. The van der Waals surface area contributed by atoms with Gasteiger partial charge in [0.05, 0.1) is 5.69 Å². The van der Waals surface area contributed by atoms with Gasteiger partial charge in [0, 0.05) is 50.9 Å². The Hall–Kier alpha value is -0.870. The molecule has 20 heavy (non-hydrogen) atoms. The molecule has 2 heterocycles. The van der Waals surface area contributed by atoms with Crippen LogP contribution in [0.25, 0.3) is 0 Å². The maximum Gasteiger partial charge on any atom is 0.112 e. The topological polar surface area (TPSA) is 39.1 Å². The smallest absolute Gasteiger partial charge is 0.112 e. The van der Waals surface area contributed by atoms with Gasteiger partial charge in [-0.15, -0.1) is 0 Å². The zero-order valence-corrected chi connectivity index (χ0v) is 12.7. The van der Waals surface area contributed by atoms with Gasteiger partial charge in [0.25, 0.3) is 0 Å². The van der Waals surface area contributed by atoms with Crippen LogP contribution in [0.15, 0.2) is 0 Å². The van der Waals surface area contributed by atoms with Gasteiger partial charge in [-0.1, -0.05) is 12.8 Å². The summed E-state index contributed by atoms with van der Waals surface area (Å²) in [5.41, 5.74) is 2.79. The summed E-state index contributed by atoms with van der Waals surface area (Å²) in [6.07, 6.45) is 7.63. The highest BCUT2D eigenvalue weighted by Crippen LogP contribution is 2.35. The Morgan fingerprint density at radius 3 is 3.00 bits per heavy atom. The molecule has 0 saturated heterocycles. The van der Waals surface area contributed by atoms with Crippen LogP contribution in [-0.2, 0) is 24.2 Å². The minimum Gasteiger partial charge on any atom is -0.382 e. The second kappa shape index (κ2) is 6.72. The van der Waals surface area contributed by atoms with Crippen molar-refractivity contribution < 1.29 is 4.74 Å². The summed E-state index contributed by atoms with van der Waals surface area (Å²) in [5.74, 6) is 2.07. The highest BCUT2D eigenvalue weighted by molar-refractivity contribution is 5.22. The molecule has 4 nitrogen and oxygen atoms in total. The fourth-order valence-electron chi connectivity index (χ4n) is 3.61. The fraction of sp³-hybridized carbons (Fsp3) is 0.812. The lowest BCUT2D eigenvalue weighted by Crippen LogP contribution is -2.25. The van der Waals surface area contributed by atoms with Crippen molar-refractivity contribution in [3.63, 3.8) is 0 Å². The summed E-state index contributed by atoms with van der Waals surface area (Å²) in [7, 11) is 0. The molecule has 112 valence electrons. The molecule has 3 rings (SSSR count). The molecule has 0 aromatic carbocycles. The van der Waals surface area contributed by atoms with E-state index in [1.54, 1.807) is 0 Å². The lowest BCUT2D eigenvalue weighted by atomic mass is 10.1. The van der Waals surface area contributed by atoms with E-state index in [9.17, 15) is 0 Å². The zero-order valence-electron chi connectivity index (χ0n) is 12.7. The van der Waals surface area contributed by atoms with Crippen LogP contribution >= 0.6 is 0 Å². The van der Waals surface area contributed by atoms with E-state index in [1.807, 2.05) is 0 Å². The third-order valence-corrected chi connectivity index (χ3v) is 4.61. The molecular weight excluding hydrogens is 250 g/mol. The van der Waals surface area contributed by atoms with Crippen LogP contribution in [0.1, 0.15) is 62.2 Å². The predicted octanol–water partition coefficient (Wildman–Crippen LogP) is 2.61. The Morgan fingerprint density at radius 1 is 1.35 bits per heavy atom. The van der Waals surface area contributed by atoms with Crippen molar-refractivity contribution in [3.05, 3.63) is 17.2 Å². The maximum atomic E-state index is 5.50. The largest absolute Gasteiger partial charge is 0.382 e. The Bertz CT molecular complexity index is 435. The number of nitrogens with zero attached hydrogens (tertiary/aromatic N) is 2. The number of hydrogen-bond donors (Lipinski definition) is 1. The molecule has 1 aliphatic carbocycles. The molecule has 0 bridgehead atoms. The molecule has 1 saturated carbocycles. The maximum absolute atomic E-state index is 5.50. The summed E-state index contributed by atoms with van der Waals surface area (Å²) in [5, 5.41) is 3.45. The first-order chi connectivity index (χ1) is 9.90. The summed E-state index contributed by atoms with van der Waals surface area (Å²) < 4.78 is 8.03. The van der Waals surface area contributed by atoms with Crippen LogP contribution in [-0.4, -0.2) is 29.3 Å². The number of rotatable bonds is 6. The van der Waals surface area contributed by atoms with E-state index in [0.717, 1.165) is 45.7 Å². The van der Waals surface area contributed by atoms with Gasteiger partial charge in [-0.25, -0.2) is 4.98 Å². The van der Waals surface area contributed by atoms with Crippen molar-refractivity contribution in [2.24, 2.45) is 0 Å². The van der Waals surface area contributed by atoms with Gasteiger partial charge in [-0.2, -0.15) is 0 Å². The van der Waals surface area contributed by atoms with Gasteiger partial charge in [-0.05, 0) is 26.2 Å². The standard InChI is InChI=1S/C16H27N3O/c1-2-20-11-5-10-19-15-8-9-17-12-14(15)18-16(19)13-6-3-4-7-13/h13,17H,2-12H2,1H3.